The Balaban J connectivity index is 2.68. The minimum absolute atomic E-state index is 0.0171. The highest BCUT2D eigenvalue weighted by Gasteiger charge is 2.13. The van der Waals surface area contributed by atoms with Crippen LogP contribution in [0, 0.1) is 0 Å². The van der Waals surface area contributed by atoms with Crippen LogP contribution in [0.1, 0.15) is 37.2 Å². The second-order valence-electron chi connectivity index (χ2n) is 3.85. The summed E-state index contributed by atoms with van der Waals surface area (Å²) in [5.41, 5.74) is 0.661. The van der Waals surface area contributed by atoms with Crippen LogP contribution in [0.2, 0.25) is 0 Å². The van der Waals surface area contributed by atoms with Crippen LogP contribution in [-0.2, 0) is 6.54 Å². The third kappa shape index (κ3) is 3.10. The van der Waals surface area contributed by atoms with Crippen LogP contribution in [0.25, 0.3) is 0 Å². The molecular formula is C12H20N2O2. The maximum absolute atomic E-state index is 11.9. The van der Waals surface area contributed by atoms with Crippen molar-refractivity contribution in [2.45, 2.75) is 39.3 Å². The Morgan fingerprint density at radius 2 is 2.31 bits per heavy atom. The van der Waals surface area contributed by atoms with Gasteiger partial charge in [0, 0.05) is 12.7 Å². The number of aryl methyl sites for hydroxylation is 1. The number of aliphatic hydroxyl groups is 1. The number of nitrogens with one attached hydrogen (secondary N) is 1. The molecule has 0 bridgehead atoms. The van der Waals surface area contributed by atoms with E-state index < -0.39 is 0 Å². The molecule has 0 aliphatic heterocycles. The standard InChI is InChI=1S/C12H20N2O2/c1-3-7-14-8-5-6-11(14)12(16)13-10(4-2)9-15/h5-6,8,10,15H,3-4,7,9H2,1-2H3,(H,13,16)/t10-/m0/s1. The Kier molecular flexibility index (Phi) is 5.05. The first-order chi connectivity index (χ1) is 7.72. The summed E-state index contributed by atoms with van der Waals surface area (Å²) in [6.45, 7) is 4.83. The molecule has 1 rings (SSSR count). The number of nitrogens with zero attached hydrogens (tertiary/aromatic N) is 1. The zero-order valence-electron chi connectivity index (χ0n) is 9.94. The lowest BCUT2D eigenvalue weighted by atomic mass is 10.2. The van der Waals surface area contributed by atoms with Crippen molar-refractivity contribution in [3.63, 3.8) is 0 Å². The second kappa shape index (κ2) is 6.33. The maximum Gasteiger partial charge on any atom is 0.268 e. The highest BCUT2D eigenvalue weighted by Crippen LogP contribution is 2.04. The summed E-state index contributed by atoms with van der Waals surface area (Å²) >= 11 is 0. The second-order valence-corrected chi connectivity index (χ2v) is 3.85. The van der Waals surface area contributed by atoms with Gasteiger partial charge in [0.15, 0.2) is 0 Å². The van der Waals surface area contributed by atoms with Gasteiger partial charge in [-0.25, -0.2) is 0 Å². The molecule has 1 atom stereocenters. The van der Waals surface area contributed by atoms with E-state index in [0.717, 1.165) is 19.4 Å². The summed E-state index contributed by atoms with van der Waals surface area (Å²) in [7, 11) is 0. The van der Waals surface area contributed by atoms with Crippen LogP contribution in [-0.4, -0.2) is 28.2 Å². The molecule has 2 N–H and O–H groups in total. The van der Waals surface area contributed by atoms with Crippen LogP contribution in [0.5, 0.6) is 0 Å². The Bertz CT molecular complexity index is 330. The lowest BCUT2D eigenvalue weighted by molar-refractivity contribution is 0.0905. The molecule has 1 aromatic rings. The zero-order valence-corrected chi connectivity index (χ0v) is 9.94. The van der Waals surface area contributed by atoms with Crippen molar-refractivity contribution in [2.75, 3.05) is 6.61 Å². The van der Waals surface area contributed by atoms with Gasteiger partial charge in [-0.1, -0.05) is 13.8 Å². The van der Waals surface area contributed by atoms with Gasteiger partial charge < -0.3 is 15.0 Å². The number of carbonyl (C=O) groups is 1. The summed E-state index contributed by atoms with van der Waals surface area (Å²) in [5.74, 6) is -0.112. The minimum atomic E-state index is -0.155. The van der Waals surface area contributed by atoms with Crippen LogP contribution >= 0.6 is 0 Å². The summed E-state index contributed by atoms with van der Waals surface area (Å²) in [6.07, 6.45) is 3.63. The van der Waals surface area contributed by atoms with Gasteiger partial charge in [-0.2, -0.15) is 0 Å². The van der Waals surface area contributed by atoms with E-state index in [9.17, 15) is 4.79 Å². The SMILES string of the molecule is CCCn1cccc1C(=O)N[C@@H](CC)CO. The summed E-state index contributed by atoms with van der Waals surface area (Å²) in [5, 5.41) is 11.8. The number of hydrogen-bond donors (Lipinski definition) is 2. The number of rotatable bonds is 6. The smallest absolute Gasteiger partial charge is 0.268 e. The molecule has 16 heavy (non-hydrogen) atoms. The highest BCUT2D eigenvalue weighted by atomic mass is 16.3. The molecule has 0 spiro atoms. The number of aliphatic hydroxyl groups excluding tert-OH is 1. The van der Waals surface area contributed by atoms with Crippen molar-refractivity contribution in [3.05, 3.63) is 24.0 Å². The third-order valence-electron chi connectivity index (χ3n) is 2.58. The van der Waals surface area contributed by atoms with E-state index in [1.54, 1.807) is 6.07 Å². The number of amides is 1. The van der Waals surface area contributed by atoms with E-state index in [1.165, 1.54) is 0 Å². The largest absolute Gasteiger partial charge is 0.394 e. The summed E-state index contributed by atoms with van der Waals surface area (Å²) < 4.78 is 1.93. The maximum atomic E-state index is 11.9. The van der Waals surface area contributed by atoms with Crippen LogP contribution in [0.15, 0.2) is 18.3 Å². The summed E-state index contributed by atoms with van der Waals surface area (Å²) in [4.78, 5) is 11.9. The molecule has 0 radical (unpaired) electrons. The van der Waals surface area contributed by atoms with Crippen molar-refractivity contribution >= 4 is 5.91 Å². The van der Waals surface area contributed by atoms with Gasteiger partial charge in [0.1, 0.15) is 5.69 Å². The molecule has 0 saturated heterocycles. The van der Waals surface area contributed by atoms with Crippen LogP contribution < -0.4 is 5.32 Å². The van der Waals surface area contributed by atoms with Gasteiger partial charge >= 0.3 is 0 Å². The van der Waals surface area contributed by atoms with E-state index in [-0.39, 0.29) is 18.6 Å². The fraction of sp³-hybridized carbons (Fsp3) is 0.583. The van der Waals surface area contributed by atoms with Crippen LogP contribution in [0.4, 0.5) is 0 Å². The zero-order chi connectivity index (χ0) is 12.0. The minimum Gasteiger partial charge on any atom is -0.394 e. The van der Waals surface area contributed by atoms with Gasteiger partial charge in [-0.15, -0.1) is 0 Å². The Hall–Kier alpha value is -1.29. The quantitative estimate of drug-likeness (QED) is 0.767. The van der Waals surface area contributed by atoms with E-state index in [2.05, 4.69) is 12.2 Å². The fourth-order valence-corrected chi connectivity index (χ4v) is 1.59. The Morgan fingerprint density at radius 1 is 1.56 bits per heavy atom. The molecule has 4 nitrogen and oxygen atoms in total. The first kappa shape index (κ1) is 12.8. The third-order valence-corrected chi connectivity index (χ3v) is 2.58. The van der Waals surface area contributed by atoms with Crippen molar-refractivity contribution in [3.8, 4) is 0 Å². The van der Waals surface area contributed by atoms with Crippen molar-refractivity contribution in [2.24, 2.45) is 0 Å². The van der Waals surface area contributed by atoms with E-state index >= 15 is 0 Å². The van der Waals surface area contributed by atoms with Gasteiger partial charge in [0.25, 0.3) is 5.91 Å². The topological polar surface area (TPSA) is 54.3 Å². The summed E-state index contributed by atoms with van der Waals surface area (Å²) in [6, 6.07) is 3.51. The molecule has 0 unspecified atom stereocenters. The Labute approximate surface area is 96.3 Å². The van der Waals surface area contributed by atoms with E-state index in [0.29, 0.717) is 5.69 Å². The van der Waals surface area contributed by atoms with Crippen molar-refractivity contribution < 1.29 is 9.90 Å². The molecule has 0 aromatic carbocycles. The molecule has 1 aromatic heterocycles. The highest BCUT2D eigenvalue weighted by molar-refractivity contribution is 5.92. The fourth-order valence-electron chi connectivity index (χ4n) is 1.59. The predicted molar refractivity (Wildman–Crippen MR) is 63.4 cm³/mol. The number of aromatic nitrogens is 1. The van der Waals surface area contributed by atoms with Crippen molar-refractivity contribution in [1.29, 1.82) is 0 Å². The monoisotopic (exact) mass is 224 g/mol. The van der Waals surface area contributed by atoms with Gasteiger partial charge in [-0.05, 0) is 25.0 Å². The average molecular weight is 224 g/mol. The molecule has 0 aliphatic rings. The Morgan fingerprint density at radius 3 is 2.88 bits per heavy atom. The molecule has 1 amide bonds. The van der Waals surface area contributed by atoms with E-state index in [1.807, 2.05) is 23.8 Å². The molecule has 90 valence electrons. The lowest BCUT2D eigenvalue weighted by Gasteiger charge is -2.15. The molecule has 0 saturated carbocycles. The van der Waals surface area contributed by atoms with E-state index in [4.69, 9.17) is 5.11 Å². The molecule has 0 fully saturated rings. The average Bonchev–Trinajstić information content (AvgIpc) is 2.74. The molecular weight excluding hydrogens is 204 g/mol. The van der Waals surface area contributed by atoms with Crippen molar-refractivity contribution in [1.82, 2.24) is 9.88 Å². The first-order valence-corrected chi connectivity index (χ1v) is 5.79. The first-order valence-electron chi connectivity index (χ1n) is 5.79. The molecule has 4 heteroatoms. The van der Waals surface area contributed by atoms with Crippen LogP contribution in [0.3, 0.4) is 0 Å². The van der Waals surface area contributed by atoms with Gasteiger partial charge in [0.2, 0.25) is 0 Å². The molecule has 0 aliphatic carbocycles. The number of hydrogen-bond acceptors (Lipinski definition) is 2. The molecule has 1 heterocycles. The van der Waals surface area contributed by atoms with Gasteiger partial charge in [-0.3, -0.25) is 4.79 Å². The van der Waals surface area contributed by atoms with Gasteiger partial charge in [0.05, 0.1) is 12.6 Å². The predicted octanol–water partition coefficient (Wildman–Crippen LogP) is 1.40. The number of carbonyl (C=O) groups excluding carboxylic acids is 1. The lowest BCUT2D eigenvalue weighted by Crippen LogP contribution is -2.37. The normalized spacial score (nSPS) is 12.4.